The van der Waals surface area contributed by atoms with Crippen LogP contribution in [0.15, 0.2) is 114 Å². The predicted octanol–water partition coefficient (Wildman–Crippen LogP) is 6.27. The zero-order valence-electron chi connectivity index (χ0n) is 19.0. The number of carbonyl (C=O) groups excluding carboxylic acids is 1. The summed E-state index contributed by atoms with van der Waals surface area (Å²) in [7, 11) is -4.19. The van der Waals surface area contributed by atoms with E-state index in [-0.39, 0.29) is 16.2 Å². The average molecular weight is 468 g/mol. The Labute approximate surface area is 200 Å². The van der Waals surface area contributed by atoms with Crippen LogP contribution in [-0.4, -0.2) is 14.3 Å². The van der Waals surface area contributed by atoms with Crippen molar-refractivity contribution in [3.63, 3.8) is 0 Å². The Bertz CT molecular complexity index is 1410. The van der Waals surface area contributed by atoms with Crippen molar-refractivity contribution in [2.24, 2.45) is 0 Å². The number of anilines is 1. The van der Waals surface area contributed by atoms with Crippen molar-refractivity contribution in [1.82, 2.24) is 0 Å². The number of amides is 1. The van der Waals surface area contributed by atoms with Gasteiger partial charge < -0.3 is 0 Å². The van der Waals surface area contributed by atoms with Gasteiger partial charge in [-0.3, -0.25) is 4.79 Å². The fourth-order valence-electron chi connectivity index (χ4n) is 3.57. The summed E-state index contributed by atoms with van der Waals surface area (Å²) in [6.07, 6.45) is 1.73. The van der Waals surface area contributed by atoms with Crippen LogP contribution in [0.4, 0.5) is 5.69 Å². The average Bonchev–Trinajstić information content (AvgIpc) is 2.85. The number of sulfonamides is 1. The summed E-state index contributed by atoms with van der Waals surface area (Å²) in [5.74, 6) is -0.625. The molecule has 0 saturated heterocycles. The van der Waals surface area contributed by atoms with Gasteiger partial charge in [0.2, 0.25) is 0 Å². The van der Waals surface area contributed by atoms with E-state index in [4.69, 9.17) is 0 Å². The molecule has 4 nitrogen and oxygen atoms in total. The Morgan fingerprint density at radius 1 is 0.676 bits per heavy atom. The minimum Gasteiger partial charge on any atom is -0.268 e. The van der Waals surface area contributed by atoms with Gasteiger partial charge in [0, 0.05) is 5.57 Å². The van der Waals surface area contributed by atoms with Crippen molar-refractivity contribution in [3.8, 4) is 0 Å². The van der Waals surface area contributed by atoms with Crippen LogP contribution in [0.2, 0.25) is 0 Å². The molecule has 4 aromatic rings. The minimum atomic E-state index is -4.19. The molecule has 0 saturated carbocycles. The van der Waals surface area contributed by atoms with Crippen LogP contribution in [0.3, 0.4) is 0 Å². The summed E-state index contributed by atoms with van der Waals surface area (Å²) in [5.41, 5.74) is 3.89. The van der Waals surface area contributed by atoms with E-state index in [1.54, 1.807) is 54.6 Å². The Morgan fingerprint density at radius 3 is 1.74 bits per heavy atom. The summed E-state index contributed by atoms with van der Waals surface area (Å²) in [4.78, 5) is 14.2. The van der Waals surface area contributed by atoms with Crippen LogP contribution in [0.1, 0.15) is 22.3 Å². The van der Waals surface area contributed by atoms with Gasteiger partial charge in [-0.1, -0.05) is 96.1 Å². The molecule has 4 rings (SSSR count). The molecule has 0 aliphatic heterocycles. The Morgan fingerprint density at radius 2 is 1.18 bits per heavy atom. The second-order valence-electron chi connectivity index (χ2n) is 8.06. The third kappa shape index (κ3) is 5.00. The van der Waals surface area contributed by atoms with Gasteiger partial charge in [0.25, 0.3) is 15.9 Å². The summed E-state index contributed by atoms with van der Waals surface area (Å²) in [6, 6.07) is 31.9. The van der Waals surface area contributed by atoms with Crippen molar-refractivity contribution in [2.45, 2.75) is 18.7 Å². The third-order valence-corrected chi connectivity index (χ3v) is 7.16. The molecule has 0 heterocycles. The summed E-state index contributed by atoms with van der Waals surface area (Å²) >= 11 is 0. The molecular formula is C29H25NO3S. The van der Waals surface area contributed by atoms with Gasteiger partial charge in [0.15, 0.2) is 0 Å². The predicted molar refractivity (Wildman–Crippen MR) is 138 cm³/mol. The lowest BCUT2D eigenvalue weighted by molar-refractivity contribution is -0.112. The van der Waals surface area contributed by atoms with Gasteiger partial charge in [-0.25, -0.2) is 8.42 Å². The first kappa shape index (κ1) is 23.2. The highest BCUT2D eigenvalue weighted by molar-refractivity contribution is 7.93. The molecule has 0 bridgehead atoms. The van der Waals surface area contributed by atoms with Crippen LogP contribution >= 0.6 is 0 Å². The van der Waals surface area contributed by atoms with E-state index in [9.17, 15) is 13.2 Å². The zero-order chi connectivity index (χ0) is 24.1. The summed E-state index contributed by atoms with van der Waals surface area (Å²) in [6.45, 7) is 3.80. The fraction of sp³-hybridized carbons (Fsp3) is 0.0690. The SMILES string of the molecule is Cc1ccc(N(C(=O)/C(=C/c2ccccc2)c2ccccc2)S(=O)(=O)c2ccc(C)cc2)cc1. The molecule has 0 spiro atoms. The standard InChI is InChI=1S/C29H25NO3S/c1-22-13-17-26(18-14-22)30(34(32,33)27-19-15-23(2)16-20-27)29(31)28(25-11-7-4-8-12-25)21-24-9-5-3-6-10-24/h3-21H,1-2H3/b28-21+. The molecule has 0 aliphatic carbocycles. The molecule has 0 unspecified atom stereocenters. The van der Waals surface area contributed by atoms with Crippen LogP contribution in [0.5, 0.6) is 0 Å². The number of benzene rings is 4. The van der Waals surface area contributed by atoms with Gasteiger partial charge in [0.05, 0.1) is 10.6 Å². The van der Waals surface area contributed by atoms with Crippen LogP contribution < -0.4 is 4.31 Å². The maximum atomic E-state index is 14.1. The normalized spacial score (nSPS) is 11.8. The highest BCUT2D eigenvalue weighted by Gasteiger charge is 2.33. The van der Waals surface area contributed by atoms with Crippen molar-refractivity contribution < 1.29 is 13.2 Å². The Kier molecular flexibility index (Phi) is 6.75. The fourth-order valence-corrected chi connectivity index (χ4v) is 4.98. The van der Waals surface area contributed by atoms with E-state index in [0.29, 0.717) is 5.56 Å². The Hall–Kier alpha value is -3.96. The number of carbonyl (C=O) groups is 1. The molecular weight excluding hydrogens is 442 g/mol. The largest absolute Gasteiger partial charge is 0.272 e. The smallest absolute Gasteiger partial charge is 0.268 e. The molecule has 5 heteroatoms. The maximum Gasteiger partial charge on any atom is 0.272 e. The third-order valence-electron chi connectivity index (χ3n) is 5.44. The molecule has 1 amide bonds. The molecule has 34 heavy (non-hydrogen) atoms. The van der Waals surface area contributed by atoms with Crippen molar-refractivity contribution in [1.29, 1.82) is 0 Å². The highest BCUT2D eigenvalue weighted by atomic mass is 32.2. The molecule has 170 valence electrons. The maximum absolute atomic E-state index is 14.1. The topological polar surface area (TPSA) is 54.5 Å². The molecule has 4 aromatic carbocycles. The van der Waals surface area contributed by atoms with E-state index in [1.807, 2.05) is 62.4 Å². The molecule has 0 radical (unpaired) electrons. The zero-order valence-corrected chi connectivity index (χ0v) is 19.9. The van der Waals surface area contributed by atoms with Gasteiger partial charge in [-0.2, -0.15) is 4.31 Å². The van der Waals surface area contributed by atoms with Crippen LogP contribution in [-0.2, 0) is 14.8 Å². The number of nitrogens with zero attached hydrogens (tertiary/aromatic N) is 1. The van der Waals surface area contributed by atoms with Crippen molar-refractivity contribution in [3.05, 3.63) is 131 Å². The lowest BCUT2D eigenvalue weighted by Crippen LogP contribution is -2.37. The molecule has 0 fully saturated rings. The number of hydrogen-bond donors (Lipinski definition) is 0. The van der Waals surface area contributed by atoms with Gasteiger partial charge in [-0.05, 0) is 55.3 Å². The number of aryl methyl sites for hydroxylation is 2. The first-order valence-electron chi connectivity index (χ1n) is 10.9. The van der Waals surface area contributed by atoms with E-state index < -0.39 is 15.9 Å². The highest BCUT2D eigenvalue weighted by Crippen LogP contribution is 2.30. The van der Waals surface area contributed by atoms with Crippen LogP contribution in [0, 0.1) is 13.8 Å². The summed E-state index contributed by atoms with van der Waals surface area (Å²) < 4.78 is 28.6. The van der Waals surface area contributed by atoms with Gasteiger partial charge >= 0.3 is 0 Å². The minimum absolute atomic E-state index is 0.0548. The van der Waals surface area contributed by atoms with Crippen LogP contribution in [0.25, 0.3) is 11.6 Å². The second kappa shape index (κ2) is 9.89. The van der Waals surface area contributed by atoms with E-state index >= 15 is 0 Å². The second-order valence-corrected chi connectivity index (χ2v) is 9.84. The molecule has 0 aromatic heterocycles. The van der Waals surface area contributed by atoms with E-state index in [2.05, 4.69) is 0 Å². The van der Waals surface area contributed by atoms with Gasteiger partial charge in [0.1, 0.15) is 0 Å². The lowest BCUT2D eigenvalue weighted by atomic mass is 10.0. The lowest BCUT2D eigenvalue weighted by Gasteiger charge is -2.24. The van der Waals surface area contributed by atoms with E-state index in [0.717, 1.165) is 21.0 Å². The quantitative estimate of drug-likeness (QED) is 0.248. The molecule has 0 N–H and O–H groups in total. The van der Waals surface area contributed by atoms with Gasteiger partial charge in [-0.15, -0.1) is 0 Å². The number of hydrogen-bond acceptors (Lipinski definition) is 3. The first-order valence-corrected chi connectivity index (χ1v) is 12.4. The van der Waals surface area contributed by atoms with Crippen molar-refractivity contribution >= 4 is 33.3 Å². The molecule has 0 atom stereocenters. The summed E-state index contributed by atoms with van der Waals surface area (Å²) in [5, 5.41) is 0. The number of rotatable bonds is 6. The monoisotopic (exact) mass is 467 g/mol. The molecule has 0 aliphatic rings. The first-order chi connectivity index (χ1) is 16.4. The van der Waals surface area contributed by atoms with Crippen molar-refractivity contribution in [2.75, 3.05) is 4.31 Å². The Balaban J connectivity index is 1.92. The van der Waals surface area contributed by atoms with E-state index in [1.165, 1.54) is 12.1 Å².